The topological polar surface area (TPSA) is 0 Å². The molecular formula is C8H8Br2Mg. The van der Waals surface area contributed by atoms with Crippen LogP contribution in [-0.2, 0) is 0 Å². The number of rotatable bonds is 1. The summed E-state index contributed by atoms with van der Waals surface area (Å²) in [6, 6.07) is 10.0. The van der Waals surface area contributed by atoms with Crippen LogP contribution in [0.15, 0.2) is 36.9 Å². The van der Waals surface area contributed by atoms with E-state index in [2.05, 4.69) is 6.58 Å². The molecule has 1 aromatic carbocycles. The van der Waals surface area contributed by atoms with Gasteiger partial charge in [-0.1, -0.05) is 43.0 Å². The van der Waals surface area contributed by atoms with Crippen molar-refractivity contribution < 1.29 is 34.0 Å². The van der Waals surface area contributed by atoms with Crippen LogP contribution >= 0.6 is 0 Å². The summed E-state index contributed by atoms with van der Waals surface area (Å²) in [4.78, 5) is 0. The molecule has 0 bridgehead atoms. The molecule has 0 aliphatic carbocycles. The van der Waals surface area contributed by atoms with Crippen molar-refractivity contribution >= 4 is 29.1 Å². The van der Waals surface area contributed by atoms with E-state index < -0.39 is 0 Å². The van der Waals surface area contributed by atoms with Gasteiger partial charge >= 0.3 is 23.1 Å². The minimum absolute atomic E-state index is 0. The molecule has 11 heavy (non-hydrogen) atoms. The SMILES string of the molecule is C=Cc1ccccc1.[Br-].[Br-].[Mg+2]. The van der Waals surface area contributed by atoms with Crippen molar-refractivity contribution in [2.24, 2.45) is 0 Å². The minimum Gasteiger partial charge on any atom is -1.00 e. The molecule has 0 amide bonds. The molecule has 0 aromatic heterocycles. The van der Waals surface area contributed by atoms with Gasteiger partial charge in [-0.2, -0.15) is 0 Å². The van der Waals surface area contributed by atoms with Gasteiger partial charge in [0, 0.05) is 0 Å². The molecule has 0 atom stereocenters. The van der Waals surface area contributed by atoms with Crippen LogP contribution in [0.4, 0.5) is 0 Å². The standard InChI is InChI=1S/C8H8.2BrH.Mg/c1-2-8-6-4-3-5-7-8;;;/h2-7H,1H2;2*1H;/q;;;+2/p-2. The molecule has 0 saturated heterocycles. The van der Waals surface area contributed by atoms with Crippen molar-refractivity contribution in [3.8, 4) is 0 Å². The summed E-state index contributed by atoms with van der Waals surface area (Å²) in [7, 11) is 0. The Morgan fingerprint density at radius 1 is 1.00 bits per heavy atom. The van der Waals surface area contributed by atoms with Crippen molar-refractivity contribution in [1.29, 1.82) is 0 Å². The summed E-state index contributed by atoms with van der Waals surface area (Å²) in [6.07, 6.45) is 1.83. The third kappa shape index (κ3) is 7.06. The van der Waals surface area contributed by atoms with E-state index in [0.717, 1.165) is 0 Å². The Hall–Kier alpha value is 0.686. The number of halogens is 2. The fourth-order valence-corrected chi connectivity index (χ4v) is 0.589. The van der Waals surface area contributed by atoms with E-state index >= 15 is 0 Å². The summed E-state index contributed by atoms with van der Waals surface area (Å²) in [6.45, 7) is 3.63. The van der Waals surface area contributed by atoms with Crippen LogP contribution in [-0.4, -0.2) is 23.1 Å². The van der Waals surface area contributed by atoms with Crippen LogP contribution in [0.5, 0.6) is 0 Å². The second-order valence-electron chi connectivity index (χ2n) is 1.61. The maximum atomic E-state index is 3.63. The van der Waals surface area contributed by atoms with Crippen molar-refractivity contribution in [2.45, 2.75) is 0 Å². The molecule has 0 heterocycles. The van der Waals surface area contributed by atoms with Gasteiger partial charge in [0.2, 0.25) is 0 Å². The summed E-state index contributed by atoms with van der Waals surface area (Å²) in [5.74, 6) is 0. The Bertz CT molecular complexity index is 175. The maximum absolute atomic E-state index is 3.63. The first-order valence-corrected chi connectivity index (χ1v) is 2.61. The smallest absolute Gasteiger partial charge is 1.00 e. The molecule has 0 spiro atoms. The third-order valence-corrected chi connectivity index (χ3v) is 1.04. The zero-order valence-corrected chi connectivity index (χ0v) is 10.7. The van der Waals surface area contributed by atoms with Gasteiger partial charge in [-0.25, -0.2) is 0 Å². The van der Waals surface area contributed by atoms with Crippen molar-refractivity contribution in [3.63, 3.8) is 0 Å². The number of hydrogen-bond acceptors (Lipinski definition) is 0. The molecule has 1 rings (SSSR count). The van der Waals surface area contributed by atoms with Crippen molar-refractivity contribution in [1.82, 2.24) is 0 Å². The Morgan fingerprint density at radius 2 is 1.45 bits per heavy atom. The van der Waals surface area contributed by atoms with E-state index in [1.165, 1.54) is 5.56 Å². The van der Waals surface area contributed by atoms with Crippen LogP contribution < -0.4 is 34.0 Å². The van der Waals surface area contributed by atoms with E-state index in [9.17, 15) is 0 Å². The predicted molar refractivity (Wildman–Crippen MR) is 42.3 cm³/mol. The summed E-state index contributed by atoms with van der Waals surface area (Å²) in [5, 5.41) is 0. The molecule has 0 saturated carbocycles. The number of hydrogen-bond donors (Lipinski definition) is 0. The van der Waals surface area contributed by atoms with Crippen LogP contribution in [0, 0.1) is 0 Å². The van der Waals surface area contributed by atoms with E-state index in [-0.39, 0.29) is 57.0 Å². The molecule has 0 radical (unpaired) electrons. The number of benzene rings is 1. The van der Waals surface area contributed by atoms with Gasteiger partial charge in [-0.15, -0.1) is 0 Å². The minimum atomic E-state index is 0. The predicted octanol–water partition coefficient (Wildman–Crippen LogP) is -4.04. The summed E-state index contributed by atoms with van der Waals surface area (Å²) < 4.78 is 0. The largest absolute Gasteiger partial charge is 2.00 e. The molecule has 0 N–H and O–H groups in total. The first kappa shape index (κ1) is 17.7. The monoisotopic (exact) mass is 286 g/mol. The Kier molecular flexibility index (Phi) is 17.2. The van der Waals surface area contributed by atoms with E-state index in [4.69, 9.17) is 0 Å². The Labute approximate surface area is 105 Å². The van der Waals surface area contributed by atoms with Crippen LogP contribution in [0.2, 0.25) is 0 Å². The molecule has 0 aliphatic rings. The normalized spacial score (nSPS) is 6.18. The van der Waals surface area contributed by atoms with E-state index in [1.54, 1.807) is 0 Å². The van der Waals surface area contributed by atoms with Gasteiger partial charge in [0.25, 0.3) is 0 Å². The molecule has 0 aliphatic heterocycles. The first-order valence-electron chi connectivity index (χ1n) is 2.61. The van der Waals surface area contributed by atoms with E-state index in [1.807, 2.05) is 36.4 Å². The van der Waals surface area contributed by atoms with Gasteiger partial charge in [0.1, 0.15) is 0 Å². The maximum Gasteiger partial charge on any atom is 2.00 e. The molecular weight excluding hydrogens is 280 g/mol. The quantitative estimate of drug-likeness (QED) is 0.462. The first-order chi connectivity index (χ1) is 3.93. The van der Waals surface area contributed by atoms with Gasteiger partial charge in [0.05, 0.1) is 0 Å². The van der Waals surface area contributed by atoms with Gasteiger partial charge in [-0.05, 0) is 5.56 Å². The fourth-order valence-electron chi connectivity index (χ4n) is 0.589. The molecule has 1 aromatic rings. The Morgan fingerprint density at radius 3 is 1.73 bits per heavy atom. The van der Waals surface area contributed by atoms with Crippen molar-refractivity contribution in [2.75, 3.05) is 0 Å². The van der Waals surface area contributed by atoms with Crippen LogP contribution in [0.25, 0.3) is 6.08 Å². The molecule has 3 heteroatoms. The summed E-state index contributed by atoms with van der Waals surface area (Å²) in [5.41, 5.74) is 1.17. The van der Waals surface area contributed by atoms with Gasteiger partial charge in [-0.3, -0.25) is 0 Å². The van der Waals surface area contributed by atoms with Crippen LogP contribution in [0.3, 0.4) is 0 Å². The average molecular weight is 288 g/mol. The summed E-state index contributed by atoms with van der Waals surface area (Å²) >= 11 is 0. The Balaban J connectivity index is -0.000000213. The zero-order valence-electron chi connectivity index (χ0n) is 6.13. The third-order valence-electron chi connectivity index (χ3n) is 1.04. The van der Waals surface area contributed by atoms with Gasteiger partial charge in [0.15, 0.2) is 0 Å². The fraction of sp³-hybridized carbons (Fsp3) is 0. The molecule has 0 fully saturated rings. The molecule has 0 unspecified atom stereocenters. The zero-order chi connectivity index (χ0) is 5.82. The average Bonchev–Trinajstić information content (AvgIpc) is 1.90. The van der Waals surface area contributed by atoms with Gasteiger partial charge < -0.3 is 34.0 Å². The van der Waals surface area contributed by atoms with Crippen molar-refractivity contribution in [3.05, 3.63) is 42.5 Å². The second kappa shape index (κ2) is 10.7. The second-order valence-corrected chi connectivity index (χ2v) is 1.61. The molecule has 56 valence electrons. The molecule has 0 nitrogen and oxygen atoms in total. The van der Waals surface area contributed by atoms with Crippen LogP contribution in [0.1, 0.15) is 5.56 Å². The van der Waals surface area contributed by atoms with E-state index in [0.29, 0.717) is 0 Å².